The molecule has 1 amide bonds. The molecule has 1 aromatic heterocycles. The van der Waals surface area contributed by atoms with E-state index >= 15 is 0 Å². The minimum Gasteiger partial charge on any atom is -0.497 e. The Morgan fingerprint density at radius 3 is 2.53 bits per heavy atom. The number of hydrogen-bond donors (Lipinski definition) is 0. The first-order valence-corrected chi connectivity index (χ1v) is 10.6. The Hall–Kier alpha value is -3.38. The summed E-state index contributed by atoms with van der Waals surface area (Å²) in [6, 6.07) is 22.5. The average molecular weight is 419 g/mol. The molecule has 0 unspecified atom stereocenters. The molecule has 0 fully saturated rings. The molecular weight excluding hydrogens is 396 g/mol. The molecule has 0 aliphatic rings. The van der Waals surface area contributed by atoms with Gasteiger partial charge >= 0.3 is 0 Å². The van der Waals surface area contributed by atoms with E-state index in [1.165, 1.54) is 11.3 Å². The van der Waals surface area contributed by atoms with Crippen molar-refractivity contribution < 1.29 is 14.3 Å². The number of methoxy groups -OCH3 is 1. The predicted octanol–water partition coefficient (Wildman–Crippen LogP) is 5.65. The minimum absolute atomic E-state index is 0.329. The van der Waals surface area contributed by atoms with Gasteiger partial charge in [0.15, 0.2) is 4.80 Å². The summed E-state index contributed by atoms with van der Waals surface area (Å²) in [4.78, 5) is 18.2. The van der Waals surface area contributed by atoms with Gasteiger partial charge in [-0.15, -0.1) is 0 Å². The molecule has 3 aromatic carbocycles. The average Bonchev–Trinajstić information content (AvgIpc) is 3.11. The fourth-order valence-corrected chi connectivity index (χ4v) is 4.28. The van der Waals surface area contributed by atoms with Crippen molar-refractivity contribution in [1.82, 2.24) is 4.57 Å². The number of aryl methyl sites for hydroxylation is 1. The van der Waals surface area contributed by atoms with Crippen LogP contribution in [0.4, 0.5) is 0 Å². The number of rotatable bonds is 6. The molecule has 0 saturated carbocycles. The molecule has 152 valence electrons. The number of fused-ring (bicyclic) bond motifs is 1. The standard InChI is InChI=1S/C24H22N2O3S/c1-3-15-26-20-14-13-18(28-2)16-22(20)30-24(26)25-23(27)19-11-7-8-12-21(19)29-17-9-5-4-6-10-17/h4-14,16H,3,15H2,1-2H3. The fourth-order valence-electron chi connectivity index (χ4n) is 3.20. The third kappa shape index (κ3) is 4.14. The molecule has 0 N–H and O–H groups in total. The van der Waals surface area contributed by atoms with Crippen molar-refractivity contribution >= 4 is 27.5 Å². The number of carbonyl (C=O) groups is 1. The molecule has 4 aromatic rings. The van der Waals surface area contributed by atoms with Gasteiger partial charge in [-0.05, 0) is 48.9 Å². The van der Waals surface area contributed by atoms with E-state index < -0.39 is 0 Å². The smallest absolute Gasteiger partial charge is 0.283 e. The van der Waals surface area contributed by atoms with Gasteiger partial charge in [0.25, 0.3) is 5.91 Å². The van der Waals surface area contributed by atoms with Crippen molar-refractivity contribution in [1.29, 1.82) is 0 Å². The number of carbonyl (C=O) groups excluding carboxylic acids is 1. The molecule has 30 heavy (non-hydrogen) atoms. The van der Waals surface area contributed by atoms with Crippen molar-refractivity contribution in [3.63, 3.8) is 0 Å². The van der Waals surface area contributed by atoms with Crippen molar-refractivity contribution in [2.75, 3.05) is 7.11 Å². The number of nitrogens with zero attached hydrogens (tertiary/aromatic N) is 2. The monoisotopic (exact) mass is 418 g/mol. The molecule has 1 heterocycles. The van der Waals surface area contributed by atoms with Gasteiger partial charge in [-0.1, -0.05) is 48.6 Å². The third-order valence-corrected chi connectivity index (χ3v) is 5.66. The summed E-state index contributed by atoms with van der Waals surface area (Å²) in [6.45, 7) is 2.88. The third-order valence-electron chi connectivity index (χ3n) is 4.62. The van der Waals surface area contributed by atoms with Crippen LogP contribution in [-0.4, -0.2) is 17.6 Å². The molecule has 4 rings (SSSR count). The maximum absolute atomic E-state index is 13.1. The summed E-state index contributed by atoms with van der Waals surface area (Å²) in [5, 5.41) is 0. The van der Waals surface area contributed by atoms with E-state index in [-0.39, 0.29) is 5.91 Å². The van der Waals surface area contributed by atoms with E-state index in [4.69, 9.17) is 9.47 Å². The molecule has 0 aliphatic carbocycles. The first-order valence-electron chi connectivity index (χ1n) is 9.78. The van der Waals surface area contributed by atoms with Crippen molar-refractivity contribution in [3.8, 4) is 17.2 Å². The summed E-state index contributed by atoms with van der Waals surface area (Å²) in [5.41, 5.74) is 1.47. The second-order valence-electron chi connectivity index (χ2n) is 6.70. The lowest BCUT2D eigenvalue weighted by Gasteiger charge is -2.08. The summed E-state index contributed by atoms with van der Waals surface area (Å²) in [7, 11) is 1.65. The highest BCUT2D eigenvalue weighted by Crippen LogP contribution is 2.26. The zero-order chi connectivity index (χ0) is 20.9. The zero-order valence-electron chi connectivity index (χ0n) is 16.9. The van der Waals surface area contributed by atoms with E-state index in [2.05, 4.69) is 16.5 Å². The van der Waals surface area contributed by atoms with Gasteiger partial charge in [-0.3, -0.25) is 4.79 Å². The van der Waals surface area contributed by atoms with Crippen LogP contribution in [0.25, 0.3) is 10.2 Å². The van der Waals surface area contributed by atoms with Crippen molar-refractivity contribution in [2.24, 2.45) is 4.99 Å². The number of para-hydroxylation sites is 2. The number of aromatic nitrogens is 1. The highest BCUT2D eigenvalue weighted by Gasteiger charge is 2.14. The maximum atomic E-state index is 13.1. The molecule has 6 heteroatoms. The van der Waals surface area contributed by atoms with E-state index in [1.54, 1.807) is 19.2 Å². The lowest BCUT2D eigenvalue weighted by Crippen LogP contribution is -2.17. The van der Waals surface area contributed by atoms with Crippen LogP contribution in [0.2, 0.25) is 0 Å². The van der Waals surface area contributed by atoms with E-state index in [0.717, 1.165) is 28.9 Å². The van der Waals surface area contributed by atoms with Gasteiger partial charge in [0.2, 0.25) is 0 Å². The Kier molecular flexibility index (Phi) is 5.95. The lowest BCUT2D eigenvalue weighted by molar-refractivity contribution is 0.0995. The predicted molar refractivity (Wildman–Crippen MR) is 120 cm³/mol. The molecule has 0 bridgehead atoms. The second kappa shape index (κ2) is 8.97. The van der Waals surface area contributed by atoms with Crippen LogP contribution in [0.3, 0.4) is 0 Å². The van der Waals surface area contributed by atoms with Crippen molar-refractivity contribution in [3.05, 3.63) is 83.2 Å². The topological polar surface area (TPSA) is 52.8 Å². The molecule has 0 radical (unpaired) electrons. The van der Waals surface area contributed by atoms with Crippen molar-refractivity contribution in [2.45, 2.75) is 19.9 Å². The molecule has 0 spiro atoms. The Labute approximate surface area is 178 Å². The van der Waals surface area contributed by atoms with Crippen LogP contribution in [0.5, 0.6) is 17.2 Å². The molecule has 0 saturated heterocycles. The first-order chi connectivity index (χ1) is 14.7. The van der Waals surface area contributed by atoms with Gasteiger partial charge in [0, 0.05) is 6.54 Å². The Bertz CT molecular complexity index is 1240. The van der Waals surface area contributed by atoms with E-state index in [9.17, 15) is 4.79 Å². The normalized spacial score (nSPS) is 11.6. The van der Waals surface area contributed by atoms with Gasteiger partial charge in [0.1, 0.15) is 17.2 Å². The molecule has 5 nitrogen and oxygen atoms in total. The quantitative estimate of drug-likeness (QED) is 0.406. The number of amides is 1. The fraction of sp³-hybridized carbons (Fsp3) is 0.167. The maximum Gasteiger partial charge on any atom is 0.283 e. The van der Waals surface area contributed by atoms with Crippen LogP contribution < -0.4 is 14.3 Å². The van der Waals surface area contributed by atoms with E-state index in [1.807, 2.05) is 60.7 Å². The summed E-state index contributed by atoms with van der Waals surface area (Å²) in [5.74, 6) is 1.62. The van der Waals surface area contributed by atoms with Gasteiger partial charge in [0.05, 0.1) is 22.9 Å². The summed E-state index contributed by atoms with van der Waals surface area (Å²) >= 11 is 1.48. The Morgan fingerprint density at radius 2 is 1.77 bits per heavy atom. The van der Waals surface area contributed by atoms with Gasteiger partial charge in [-0.2, -0.15) is 4.99 Å². The van der Waals surface area contributed by atoms with Crippen LogP contribution in [0, 0.1) is 0 Å². The molecule has 0 atom stereocenters. The highest BCUT2D eigenvalue weighted by atomic mass is 32.1. The second-order valence-corrected chi connectivity index (χ2v) is 7.71. The minimum atomic E-state index is -0.329. The van der Waals surface area contributed by atoms with Crippen LogP contribution >= 0.6 is 11.3 Å². The molecular formula is C24H22N2O3S. The molecule has 0 aliphatic heterocycles. The Balaban J connectivity index is 1.76. The van der Waals surface area contributed by atoms with Crippen LogP contribution in [0.15, 0.2) is 77.8 Å². The van der Waals surface area contributed by atoms with E-state index in [0.29, 0.717) is 21.9 Å². The summed E-state index contributed by atoms with van der Waals surface area (Å²) in [6.07, 6.45) is 0.937. The first kappa shape index (κ1) is 19.9. The van der Waals surface area contributed by atoms with Crippen LogP contribution in [0.1, 0.15) is 23.7 Å². The van der Waals surface area contributed by atoms with Gasteiger partial charge < -0.3 is 14.0 Å². The zero-order valence-corrected chi connectivity index (χ0v) is 17.7. The number of ether oxygens (including phenoxy) is 2. The number of hydrogen-bond acceptors (Lipinski definition) is 4. The van der Waals surface area contributed by atoms with Crippen LogP contribution in [-0.2, 0) is 6.54 Å². The largest absolute Gasteiger partial charge is 0.497 e. The number of thiazole rings is 1. The Morgan fingerprint density at radius 1 is 1.00 bits per heavy atom. The SMILES string of the molecule is CCCn1c(=NC(=O)c2ccccc2Oc2ccccc2)sc2cc(OC)ccc21. The summed E-state index contributed by atoms with van der Waals surface area (Å²) < 4.78 is 14.4. The number of benzene rings is 3. The van der Waals surface area contributed by atoms with Gasteiger partial charge in [-0.25, -0.2) is 0 Å². The highest BCUT2D eigenvalue weighted by molar-refractivity contribution is 7.16. The lowest BCUT2D eigenvalue weighted by atomic mass is 10.2.